The Kier molecular flexibility index (Phi) is 4.61. The van der Waals surface area contributed by atoms with Gasteiger partial charge in [0.25, 0.3) is 0 Å². The van der Waals surface area contributed by atoms with E-state index in [1.807, 2.05) is 0 Å². The number of benzene rings is 1. The Hall–Kier alpha value is -1.69. The molecule has 0 unspecified atom stereocenters. The Morgan fingerprint density at radius 3 is 2.61 bits per heavy atom. The maximum Gasteiger partial charge on any atom is 0.319 e. The van der Waals surface area contributed by atoms with Gasteiger partial charge < -0.3 is 16.4 Å². The molecule has 0 heterocycles. The highest BCUT2D eigenvalue weighted by Crippen LogP contribution is 2.15. The molecule has 0 spiro atoms. The standard InChI is InChI=1S/C12H17F2N3O/c1-12(2,5-6-15)17-11(18)16-10-4-3-8(13)7-9(10)14/h3-4,7H,5-6,15H2,1-2H3,(H2,16,17,18). The van der Waals surface area contributed by atoms with Crippen LogP contribution < -0.4 is 16.4 Å². The molecular weight excluding hydrogens is 240 g/mol. The smallest absolute Gasteiger partial charge is 0.319 e. The van der Waals surface area contributed by atoms with Gasteiger partial charge in [-0.25, -0.2) is 13.6 Å². The molecule has 0 aromatic heterocycles. The quantitative estimate of drug-likeness (QED) is 0.774. The van der Waals surface area contributed by atoms with Crippen molar-refractivity contribution in [3.05, 3.63) is 29.8 Å². The van der Waals surface area contributed by atoms with E-state index in [1.54, 1.807) is 13.8 Å². The molecule has 1 aromatic rings. The third-order valence-corrected chi connectivity index (χ3v) is 2.40. The van der Waals surface area contributed by atoms with Gasteiger partial charge >= 0.3 is 6.03 Å². The lowest BCUT2D eigenvalue weighted by Crippen LogP contribution is -2.46. The second-order valence-electron chi connectivity index (χ2n) is 4.63. The molecule has 0 fully saturated rings. The number of urea groups is 1. The van der Waals surface area contributed by atoms with Crippen LogP contribution in [0.5, 0.6) is 0 Å². The average molecular weight is 257 g/mol. The second kappa shape index (κ2) is 5.77. The third-order valence-electron chi connectivity index (χ3n) is 2.40. The molecule has 4 N–H and O–H groups in total. The van der Waals surface area contributed by atoms with Crippen LogP contribution in [0.1, 0.15) is 20.3 Å². The van der Waals surface area contributed by atoms with Crippen LogP contribution >= 0.6 is 0 Å². The molecule has 18 heavy (non-hydrogen) atoms. The molecule has 100 valence electrons. The van der Waals surface area contributed by atoms with Crippen molar-refractivity contribution in [3.63, 3.8) is 0 Å². The maximum atomic E-state index is 13.3. The summed E-state index contributed by atoms with van der Waals surface area (Å²) in [4.78, 5) is 11.6. The fraction of sp³-hybridized carbons (Fsp3) is 0.417. The topological polar surface area (TPSA) is 67.1 Å². The van der Waals surface area contributed by atoms with E-state index in [4.69, 9.17) is 5.73 Å². The van der Waals surface area contributed by atoms with Gasteiger partial charge in [0.2, 0.25) is 0 Å². The summed E-state index contributed by atoms with van der Waals surface area (Å²) in [5.74, 6) is -1.51. The monoisotopic (exact) mass is 257 g/mol. The van der Waals surface area contributed by atoms with Gasteiger partial charge in [0.1, 0.15) is 11.6 Å². The van der Waals surface area contributed by atoms with E-state index in [9.17, 15) is 13.6 Å². The van der Waals surface area contributed by atoms with Crippen molar-refractivity contribution in [1.29, 1.82) is 0 Å². The number of carbonyl (C=O) groups excluding carboxylic acids is 1. The van der Waals surface area contributed by atoms with Crippen LogP contribution in [0, 0.1) is 11.6 Å². The SMILES string of the molecule is CC(C)(CCN)NC(=O)Nc1ccc(F)cc1F. The molecule has 0 saturated heterocycles. The minimum absolute atomic E-state index is 0.0718. The molecule has 0 radical (unpaired) electrons. The van der Waals surface area contributed by atoms with Crippen molar-refractivity contribution in [1.82, 2.24) is 5.32 Å². The first-order valence-corrected chi connectivity index (χ1v) is 5.58. The van der Waals surface area contributed by atoms with Crippen molar-refractivity contribution >= 4 is 11.7 Å². The van der Waals surface area contributed by atoms with Gasteiger partial charge in [0.05, 0.1) is 5.69 Å². The van der Waals surface area contributed by atoms with Gasteiger partial charge in [-0.15, -0.1) is 0 Å². The second-order valence-corrected chi connectivity index (χ2v) is 4.63. The number of amides is 2. The summed E-state index contributed by atoms with van der Waals surface area (Å²) in [6.45, 7) is 4.04. The lowest BCUT2D eigenvalue weighted by Gasteiger charge is -2.25. The van der Waals surface area contributed by atoms with Gasteiger partial charge in [-0.3, -0.25) is 0 Å². The van der Waals surface area contributed by atoms with Crippen LogP contribution in [0.2, 0.25) is 0 Å². The third kappa shape index (κ3) is 4.29. The fourth-order valence-corrected chi connectivity index (χ4v) is 1.48. The number of nitrogens with two attached hydrogens (primary N) is 1. The summed E-state index contributed by atoms with van der Waals surface area (Å²) in [7, 11) is 0. The number of hydrogen-bond acceptors (Lipinski definition) is 2. The Labute approximate surface area is 105 Å². The predicted octanol–water partition coefficient (Wildman–Crippen LogP) is 2.21. The highest BCUT2D eigenvalue weighted by molar-refractivity contribution is 5.89. The van der Waals surface area contributed by atoms with Crippen molar-refractivity contribution in [2.24, 2.45) is 5.73 Å². The van der Waals surface area contributed by atoms with E-state index in [0.717, 1.165) is 6.07 Å². The van der Waals surface area contributed by atoms with E-state index in [1.165, 1.54) is 6.07 Å². The number of hydrogen-bond donors (Lipinski definition) is 3. The van der Waals surface area contributed by atoms with Crippen LogP contribution in [0.15, 0.2) is 18.2 Å². The minimum Gasteiger partial charge on any atom is -0.333 e. The number of halogens is 2. The molecule has 6 heteroatoms. The normalized spacial score (nSPS) is 11.2. The van der Waals surface area contributed by atoms with Gasteiger partial charge in [-0.2, -0.15) is 0 Å². The Morgan fingerprint density at radius 1 is 1.39 bits per heavy atom. The molecule has 0 saturated carbocycles. The van der Waals surface area contributed by atoms with Gasteiger partial charge in [-0.1, -0.05) is 0 Å². The Bertz CT molecular complexity index is 435. The zero-order chi connectivity index (χ0) is 13.8. The molecule has 0 aliphatic rings. The molecule has 4 nitrogen and oxygen atoms in total. The molecule has 0 aliphatic heterocycles. The van der Waals surface area contributed by atoms with Crippen LogP contribution in [0.25, 0.3) is 0 Å². The first-order chi connectivity index (χ1) is 8.34. The van der Waals surface area contributed by atoms with E-state index < -0.39 is 23.2 Å². The maximum absolute atomic E-state index is 13.3. The fourth-order valence-electron chi connectivity index (χ4n) is 1.48. The Morgan fingerprint density at radius 2 is 2.06 bits per heavy atom. The van der Waals surface area contributed by atoms with E-state index in [0.29, 0.717) is 19.0 Å². The first-order valence-electron chi connectivity index (χ1n) is 5.58. The van der Waals surface area contributed by atoms with Crippen molar-refractivity contribution < 1.29 is 13.6 Å². The highest BCUT2D eigenvalue weighted by atomic mass is 19.1. The van der Waals surface area contributed by atoms with Crippen molar-refractivity contribution in [3.8, 4) is 0 Å². The number of carbonyl (C=O) groups is 1. The minimum atomic E-state index is -0.818. The summed E-state index contributed by atoms with van der Waals surface area (Å²) in [5, 5.41) is 4.98. The van der Waals surface area contributed by atoms with Crippen LogP contribution in [0.3, 0.4) is 0 Å². The van der Waals surface area contributed by atoms with Crippen molar-refractivity contribution in [2.45, 2.75) is 25.8 Å². The lowest BCUT2D eigenvalue weighted by atomic mass is 10.0. The first kappa shape index (κ1) is 14.4. The lowest BCUT2D eigenvalue weighted by molar-refractivity contribution is 0.240. The number of nitrogens with one attached hydrogen (secondary N) is 2. The van der Waals surface area contributed by atoms with Crippen LogP contribution in [-0.2, 0) is 0 Å². The molecule has 0 aliphatic carbocycles. The molecule has 1 rings (SSSR count). The van der Waals surface area contributed by atoms with Crippen molar-refractivity contribution in [2.75, 3.05) is 11.9 Å². The zero-order valence-corrected chi connectivity index (χ0v) is 10.4. The number of rotatable bonds is 4. The summed E-state index contributed by atoms with van der Waals surface area (Å²) in [5.41, 5.74) is 4.85. The van der Waals surface area contributed by atoms with Gasteiger partial charge in [0, 0.05) is 11.6 Å². The number of anilines is 1. The molecule has 0 bridgehead atoms. The van der Waals surface area contributed by atoms with E-state index >= 15 is 0 Å². The molecule has 1 aromatic carbocycles. The van der Waals surface area contributed by atoms with Crippen LogP contribution in [0.4, 0.5) is 19.3 Å². The summed E-state index contributed by atoms with van der Waals surface area (Å²) in [6.07, 6.45) is 0.590. The molecule has 0 atom stereocenters. The van der Waals surface area contributed by atoms with Gasteiger partial charge in [-0.05, 0) is 38.9 Å². The predicted molar refractivity (Wildman–Crippen MR) is 66.3 cm³/mol. The van der Waals surface area contributed by atoms with Gasteiger partial charge in [0.15, 0.2) is 0 Å². The highest BCUT2D eigenvalue weighted by Gasteiger charge is 2.19. The van der Waals surface area contributed by atoms with Crippen LogP contribution in [-0.4, -0.2) is 18.1 Å². The zero-order valence-electron chi connectivity index (χ0n) is 10.4. The Balaban J connectivity index is 2.65. The molecule has 2 amide bonds. The summed E-state index contributed by atoms with van der Waals surface area (Å²) >= 11 is 0. The largest absolute Gasteiger partial charge is 0.333 e. The summed E-state index contributed by atoms with van der Waals surface area (Å²) < 4.78 is 26.0. The van der Waals surface area contributed by atoms with E-state index in [-0.39, 0.29) is 5.69 Å². The summed E-state index contributed by atoms with van der Waals surface area (Å²) in [6, 6.07) is 2.39. The molecular formula is C12H17F2N3O. The average Bonchev–Trinajstić information content (AvgIpc) is 2.21. The van der Waals surface area contributed by atoms with E-state index in [2.05, 4.69) is 10.6 Å².